The van der Waals surface area contributed by atoms with E-state index in [1.807, 2.05) is 30.3 Å². The molecule has 0 unspecified atom stereocenters. The molecule has 0 N–H and O–H groups in total. The molecule has 0 heterocycles. The topological polar surface area (TPSA) is 34.1 Å². The number of benzene rings is 3. The second-order valence-electron chi connectivity index (χ2n) is 5.02. The van der Waals surface area contributed by atoms with Crippen LogP contribution in [-0.2, 0) is 4.79 Å². The van der Waals surface area contributed by atoms with Gasteiger partial charge in [-0.25, -0.2) is 0 Å². The summed E-state index contributed by atoms with van der Waals surface area (Å²) in [7, 11) is 0. The second kappa shape index (κ2) is 4.89. The molecule has 0 atom stereocenters. The summed E-state index contributed by atoms with van der Waals surface area (Å²) in [6, 6.07) is 17.9. The maximum Gasteiger partial charge on any atom is 0.170 e. The van der Waals surface area contributed by atoms with E-state index in [0.717, 1.165) is 10.8 Å². The molecule has 0 aliphatic carbocycles. The normalized spacial score (nSPS) is 10.8. The summed E-state index contributed by atoms with van der Waals surface area (Å²) in [5.74, 6) is -0.221. The number of hydrogen-bond donors (Lipinski definition) is 0. The van der Waals surface area contributed by atoms with Crippen LogP contribution in [0.2, 0.25) is 0 Å². The van der Waals surface area contributed by atoms with Gasteiger partial charge >= 0.3 is 0 Å². The van der Waals surface area contributed by atoms with Gasteiger partial charge in [-0.1, -0.05) is 48.5 Å². The van der Waals surface area contributed by atoms with Crippen molar-refractivity contribution in [3.63, 3.8) is 0 Å². The van der Waals surface area contributed by atoms with E-state index >= 15 is 0 Å². The van der Waals surface area contributed by atoms with Crippen LogP contribution in [0.3, 0.4) is 0 Å². The van der Waals surface area contributed by atoms with Crippen molar-refractivity contribution < 1.29 is 9.59 Å². The third-order valence-corrected chi connectivity index (χ3v) is 3.48. The average molecular weight is 262 g/mol. The first-order chi connectivity index (χ1) is 9.65. The van der Waals surface area contributed by atoms with Crippen LogP contribution >= 0.6 is 0 Å². The molecule has 3 aromatic carbocycles. The zero-order valence-corrected chi connectivity index (χ0v) is 11.2. The van der Waals surface area contributed by atoms with Crippen LogP contribution in [0.4, 0.5) is 0 Å². The van der Waals surface area contributed by atoms with Crippen molar-refractivity contribution in [2.75, 3.05) is 0 Å². The first-order valence-corrected chi connectivity index (χ1v) is 6.59. The zero-order chi connectivity index (χ0) is 14.1. The van der Waals surface area contributed by atoms with Crippen LogP contribution < -0.4 is 0 Å². The predicted molar refractivity (Wildman–Crippen MR) is 81.1 cm³/mol. The molecule has 20 heavy (non-hydrogen) atoms. The number of rotatable bonds is 3. The van der Waals surface area contributed by atoms with Crippen LogP contribution in [0.5, 0.6) is 0 Å². The van der Waals surface area contributed by atoms with Crippen LogP contribution in [-0.4, -0.2) is 11.6 Å². The Morgan fingerprint density at radius 1 is 0.850 bits per heavy atom. The fourth-order valence-electron chi connectivity index (χ4n) is 2.51. The van der Waals surface area contributed by atoms with Gasteiger partial charge in [-0.3, -0.25) is 9.59 Å². The molecule has 98 valence electrons. The van der Waals surface area contributed by atoms with Crippen molar-refractivity contribution in [2.24, 2.45) is 0 Å². The highest BCUT2D eigenvalue weighted by Crippen LogP contribution is 2.26. The van der Waals surface area contributed by atoms with Crippen LogP contribution in [0.25, 0.3) is 21.5 Å². The maximum atomic E-state index is 11.9. The van der Waals surface area contributed by atoms with Gasteiger partial charge in [0.1, 0.15) is 5.78 Å². The van der Waals surface area contributed by atoms with Gasteiger partial charge < -0.3 is 0 Å². The van der Waals surface area contributed by atoms with Crippen molar-refractivity contribution in [3.8, 4) is 0 Å². The quantitative estimate of drug-likeness (QED) is 0.403. The Hall–Kier alpha value is -2.48. The molecule has 0 aromatic heterocycles. The molecular weight excluding hydrogens is 248 g/mol. The summed E-state index contributed by atoms with van der Waals surface area (Å²) in [5, 5.41) is 4.51. The Bertz CT molecular complexity index is 831. The second-order valence-corrected chi connectivity index (χ2v) is 5.02. The van der Waals surface area contributed by atoms with E-state index in [2.05, 4.69) is 18.2 Å². The fraction of sp³-hybridized carbons (Fsp3) is 0.111. The monoisotopic (exact) mass is 262 g/mol. The maximum absolute atomic E-state index is 11.9. The molecule has 2 nitrogen and oxygen atoms in total. The zero-order valence-electron chi connectivity index (χ0n) is 11.2. The Morgan fingerprint density at radius 2 is 1.55 bits per heavy atom. The number of carbonyl (C=O) groups excluding carboxylic acids is 2. The van der Waals surface area contributed by atoms with E-state index in [0.29, 0.717) is 5.56 Å². The summed E-state index contributed by atoms with van der Waals surface area (Å²) in [6.07, 6.45) is -0.0287. The van der Waals surface area contributed by atoms with Gasteiger partial charge in [-0.05, 0) is 34.5 Å². The van der Waals surface area contributed by atoms with E-state index < -0.39 is 0 Å². The fourth-order valence-corrected chi connectivity index (χ4v) is 2.51. The molecule has 0 saturated heterocycles. The predicted octanol–water partition coefficient (Wildman–Crippen LogP) is 4.15. The standard InChI is InChI=1S/C18H14O2/c1-12(19)10-18(20)15-8-9-17-14(11-15)7-6-13-4-2-3-5-16(13)17/h2-9,11H,10H2,1H3. The minimum absolute atomic E-state index is 0.0287. The molecule has 0 amide bonds. The highest BCUT2D eigenvalue weighted by atomic mass is 16.1. The molecule has 0 fully saturated rings. The number of carbonyl (C=O) groups is 2. The van der Waals surface area contributed by atoms with Crippen LogP contribution in [0.1, 0.15) is 23.7 Å². The SMILES string of the molecule is CC(=O)CC(=O)c1ccc2c(ccc3ccccc32)c1. The van der Waals surface area contributed by atoms with Crippen LogP contribution in [0, 0.1) is 0 Å². The Morgan fingerprint density at radius 3 is 2.35 bits per heavy atom. The van der Waals surface area contributed by atoms with Gasteiger partial charge in [-0.15, -0.1) is 0 Å². The molecule has 3 rings (SSSR count). The molecule has 0 saturated carbocycles. The lowest BCUT2D eigenvalue weighted by Crippen LogP contribution is -2.04. The van der Waals surface area contributed by atoms with E-state index in [9.17, 15) is 9.59 Å². The van der Waals surface area contributed by atoms with Gasteiger partial charge in [-0.2, -0.15) is 0 Å². The molecule has 0 aliphatic heterocycles. The van der Waals surface area contributed by atoms with Crippen LogP contribution in [0.15, 0.2) is 54.6 Å². The molecule has 2 heteroatoms. The lowest BCUT2D eigenvalue weighted by molar-refractivity contribution is -0.116. The lowest BCUT2D eigenvalue weighted by Gasteiger charge is -2.06. The first kappa shape index (κ1) is 12.5. The first-order valence-electron chi connectivity index (χ1n) is 6.59. The van der Waals surface area contributed by atoms with E-state index in [1.54, 1.807) is 6.07 Å². The average Bonchev–Trinajstić information content (AvgIpc) is 2.45. The van der Waals surface area contributed by atoms with Crippen molar-refractivity contribution >= 4 is 33.1 Å². The van der Waals surface area contributed by atoms with Gasteiger partial charge in [0, 0.05) is 5.56 Å². The molecule has 0 bridgehead atoms. The third kappa shape index (κ3) is 2.21. The van der Waals surface area contributed by atoms with Crippen molar-refractivity contribution in [2.45, 2.75) is 13.3 Å². The number of Topliss-reactive ketones (excluding diaryl/α,β-unsaturated/α-hetero) is 2. The number of hydrogen-bond acceptors (Lipinski definition) is 2. The number of ketones is 2. The highest BCUT2D eigenvalue weighted by molar-refractivity contribution is 6.12. The Kier molecular flexibility index (Phi) is 3.07. The highest BCUT2D eigenvalue weighted by Gasteiger charge is 2.09. The lowest BCUT2D eigenvalue weighted by atomic mass is 9.98. The van der Waals surface area contributed by atoms with E-state index in [-0.39, 0.29) is 18.0 Å². The molecular formula is C18H14O2. The minimum atomic E-state index is -0.118. The summed E-state index contributed by atoms with van der Waals surface area (Å²) >= 11 is 0. The largest absolute Gasteiger partial charge is 0.300 e. The van der Waals surface area contributed by atoms with Crippen molar-refractivity contribution in [3.05, 3.63) is 60.2 Å². The Labute approximate surface area is 117 Å². The summed E-state index contributed by atoms with van der Waals surface area (Å²) in [6.45, 7) is 1.44. The van der Waals surface area contributed by atoms with E-state index in [4.69, 9.17) is 0 Å². The molecule has 0 radical (unpaired) electrons. The summed E-state index contributed by atoms with van der Waals surface area (Å²) in [4.78, 5) is 23.0. The van der Waals surface area contributed by atoms with Gasteiger partial charge in [0.2, 0.25) is 0 Å². The number of fused-ring (bicyclic) bond motifs is 3. The molecule has 0 spiro atoms. The van der Waals surface area contributed by atoms with Gasteiger partial charge in [0.15, 0.2) is 5.78 Å². The smallest absolute Gasteiger partial charge is 0.170 e. The summed E-state index contributed by atoms with van der Waals surface area (Å²) in [5.41, 5.74) is 0.600. The molecule has 0 aliphatic rings. The van der Waals surface area contributed by atoms with Crippen molar-refractivity contribution in [1.29, 1.82) is 0 Å². The van der Waals surface area contributed by atoms with Gasteiger partial charge in [0.25, 0.3) is 0 Å². The minimum Gasteiger partial charge on any atom is -0.300 e. The summed E-state index contributed by atoms with van der Waals surface area (Å²) < 4.78 is 0. The van der Waals surface area contributed by atoms with Crippen molar-refractivity contribution in [1.82, 2.24) is 0 Å². The third-order valence-electron chi connectivity index (χ3n) is 3.48. The Balaban J connectivity index is 2.15. The molecule has 3 aromatic rings. The van der Waals surface area contributed by atoms with Gasteiger partial charge in [0.05, 0.1) is 6.42 Å². The van der Waals surface area contributed by atoms with E-state index in [1.165, 1.54) is 17.7 Å².